The molecule has 3 rings (SSSR count). The van der Waals surface area contributed by atoms with Crippen molar-refractivity contribution in [1.29, 1.82) is 0 Å². The third-order valence-electron chi connectivity index (χ3n) is 6.26. The van der Waals surface area contributed by atoms with Gasteiger partial charge in [0.05, 0.1) is 5.56 Å². The second-order valence-corrected chi connectivity index (χ2v) is 8.56. The Morgan fingerprint density at radius 3 is 1.95 bits per heavy atom. The predicted octanol–water partition coefficient (Wildman–Crippen LogP) is 5.80. The highest BCUT2D eigenvalue weighted by atomic mass is 19.4. The zero-order valence-electron chi connectivity index (χ0n) is 22.1. The van der Waals surface area contributed by atoms with Crippen molar-refractivity contribution in [3.05, 3.63) is 65.7 Å². The number of carbonyl (C=O) groups is 3. The average molecular weight is 525 g/mol. The summed E-state index contributed by atoms with van der Waals surface area (Å²) in [5, 5.41) is 2.94. The van der Waals surface area contributed by atoms with Crippen LogP contribution in [0.5, 0.6) is 5.75 Å². The van der Waals surface area contributed by atoms with Crippen LogP contribution in [-0.2, 0) is 15.0 Å². The number of hydrogen-bond acceptors (Lipinski definition) is 5. The van der Waals surface area contributed by atoms with Crippen LogP contribution in [-0.4, -0.2) is 56.9 Å². The SMILES string of the molecule is C=O.C=O.CCCC.C[C@H](NC(=O)c1ccccc1OC(F)(F)F)C1(c2ccccc2)CCN(C)CC1. The Labute approximate surface area is 218 Å². The second kappa shape index (κ2) is 17.3. The van der Waals surface area contributed by atoms with E-state index in [4.69, 9.17) is 9.59 Å². The average Bonchev–Trinajstić information content (AvgIpc) is 2.91. The Morgan fingerprint density at radius 1 is 0.973 bits per heavy atom. The van der Waals surface area contributed by atoms with Gasteiger partial charge in [-0.25, -0.2) is 0 Å². The number of nitrogens with zero attached hydrogens (tertiary/aromatic N) is 1. The van der Waals surface area contributed by atoms with E-state index < -0.39 is 18.0 Å². The molecule has 1 saturated heterocycles. The Morgan fingerprint density at radius 2 is 1.46 bits per heavy atom. The van der Waals surface area contributed by atoms with E-state index in [9.17, 15) is 18.0 Å². The van der Waals surface area contributed by atoms with Gasteiger partial charge in [0.1, 0.15) is 19.3 Å². The summed E-state index contributed by atoms with van der Waals surface area (Å²) in [6.45, 7) is 12.0. The zero-order chi connectivity index (χ0) is 28.5. The van der Waals surface area contributed by atoms with Crippen molar-refractivity contribution in [2.75, 3.05) is 20.1 Å². The molecule has 9 heteroatoms. The largest absolute Gasteiger partial charge is 0.573 e. The van der Waals surface area contributed by atoms with E-state index in [1.54, 1.807) is 0 Å². The summed E-state index contributed by atoms with van der Waals surface area (Å²) in [7, 11) is 2.06. The van der Waals surface area contributed by atoms with E-state index in [1.165, 1.54) is 31.0 Å². The molecular formula is C28H39F3N2O4. The lowest BCUT2D eigenvalue weighted by Gasteiger charge is -2.45. The first-order valence-corrected chi connectivity index (χ1v) is 12.1. The molecule has 2 aromatic rings. The molecule has 1 atom stereocenters. The highest BCUT2D eigenvalue weighted by molar-refractivity contribution is 5.97. The summed E-state index contributed by atoms with van der Waals surface area (Å²) < 4.78 is 42.1. The summed E-state index contributed by atoms with van der Waals surface area (Å²) in [6, 6.07) is 15.1. The van der Waals surface area contributed by atoms with E-state index in [1.807, 2.05) is 38.7 Å². The number of benzene rings is 2. The molecule has 1 aliphatic rings. The van der Waals surface area contributed by atoms with Crippen LogP contribution in [0.25, 0.3) is 0 Å². The topological polar surface area (TPSA) is 75.7 Å². The Balaban J connectivity index is 0.00000145. The zero-order valence-corrected chi connectivity index (χ0v) is 22.1. The minimum absolute atomic E-state index is 0.132. The number of halogens is 3. The predicted molar refractivity (Wildman–Crippen MR) is 140 cm³/mol. The van der Waals surface area contributed by atoms with Crippen LogP contribution >= 0.6 is 0 Å². The minimum Gasteiger partial charge on any atom is -0.405 e. The Bertz CT molecular complexity index is 898. The third-order valence-corrected chi connectivity index (χ3v) is 6.26. The molecule has 6 nitrogen and oxygen atoms in total. The van der Waals surface area contributed by atoms with Crippen LogP contribution < -0.4 is 10.1 Å². The summed E-state index contributed by atoms with van der Waals surface area (Å²) >= 11 is 0. The smallest absolute Gasteiger partial charge is 0.405 e. The monoisotopic (exact) mass is 524 g/mol. The number of amides is 1. The first-order chi connectivity index (χ1) is 17.6. The van der Waals surface area contributed by atoms with Crippen molar-refractivity contribution in [3.8, 4) is 5.75 Å². The van der Waals surface area contributed by atoms with Crippen molar-refractivity contribution in [2.45, 2.75) is 64.3 Å². The lowest BCUT2D eigenvalue weighted by Crippen LogP contribution is -2.54. The number of piperidine rings is 1. The number of alkyl halides is 3. The van der Waals surface area contributed by atoms with Crippen LogP contribution in [0.15, 0.2) is 54.6 Å². The van der Waals surface area contributed by atoms with Gasteiger partial charge in [-0.05, 0) is 57.6 Å². The fourth-order valence-electron chi connectivity index (χ4n) is 4.04. The molecule has 2 aromatic carbocycles. The van der Waals surface area contributed by atoms with Crippen molar-refractivity contribution < 1.29 is 32.3 Å². The summed E-state index contributed by atoms with van der Waals surface area (Å²) in [5.74, 6) is -1.08. The molecule has 0 unspecified atom stereocenters. The van der Waals surface area contributed by atoms with Crippen molar-refractivity contribution in [3.63, 3.8) is 0 Å². The van der Waals surface area contributed by atoms with Gasteiger partial charge in [0, 0.05) is 11.5 Å². The first-order valence-electron chi connectivity index (χ1n) is 12.1. The van der Waals surface area contributed by atoms with Crippen LogP contribution in [0.2, 0.25) is 0 Å². The van der Waals surface area contributed by atoms with Gasteiger partial charge in [0.15, 0.2) is 0 Å². The molecule has 0 aromatic heterocycles. The quantitative estimate of drug-likeness (QED) is 0.517. The molecule has 0 aliphatic carbocycles. The number of unbranched alkanes of at least 4 members (excludes halogenated alkanes) is 1. The number of nitrogens with one attached hydrogen (secondary N) is 1. The normalized spacial score (nSPS) is 15.2. The number of para-hydroxylation sites is 1. The lowest BCUT2D eigenvalue weighted by atomic mass is 9.68. The fraction of sp³-hybridized carbons (Fsp3) is 0.464. The van der Waals surface area contributed by atoms with Crippen LogP contribution in [0.3, 0.4) is 0 Å². The highest BCUT2D eigenvalue weighted by Crippen LogP contribution is 2.38. The molecule has 1 N–H and O–H groups in total. The van der Waals surface area contributed by atoms with Gasteiger partial charge in [-0.15, -0.1) is 13.2 Å². The molecule has 0 bridgehead atoms. The van der Waals surface area contributed by atoms with Crippen molar-refractivity contribution in [1.82, 2.24) is 10.2 Å². The highest BCUT2D eigenvalue weighted by Gasteiger charge is 2.41. The van der Waals surface area contributed by atoms with Crippen LogP contribution in [0.1, 0.15) is 62.4 Å². The number of ether oxygens (including phenoxy) is 1. The number of carbonyl (C=O) groups excluding carboxylic acids is 3. The van der Waals surface area contributed by atoms with Gasteiger partial charge < -0.3 is 24.5 Å². The molecule has 37 heavy (non-hydrogen) atoms. The molecule has 0 spiro atoms. The Hall–Kier alpha value is -3.20. The molecule has 206 valence electrons. The molecule has 1 amide bonds. The maximum Gasteiger partial charge on any atom is 0.573 e. The standard InChI is InChI=1S/C22H25F3N2O2.C4H10.2CH2O/c1-16(21(12-14-27(2)15-13-21)17-8-4-3-5-9-17)26-20(28)18-10-6-7-11-19(18)29-22(23,24)25;1-3-4-2;2*1-2/h3-11,16H,12-15H2,1-2H3,(H,26,28);3-4H2,1-2H3;2*1H2/t16-;;;/m0.../s1. The maximum absolute atomic E-state index is 12.9. The van der Waals surface area contributed by atoms with E-state index in [0.717, 1.165) is 37.6 Å². The molecule has 1 aliphatic heterocycles. The first kappa shape index (κ1) is 33.8. The summed E-state index contributed by atoms with van der Waals surface area (Å²) in [4.78, 5) is 31.1. The molecule has 0 radical (unpaired) electrons. The van der Waals surface area contributed by atoms with Gasteiger partial charge >= 0.3 is 6.36 Å². The second-order valence-electron chi connectivity index (χ2n) is 8.56. The lowest BCUT2D eigenvalue weighted by molar-refractivity contribution is -0.274. The fourth-order valence-corrected chi connectivity index (χ4v) is 4.04. The van der Waals surface area contributed by atoms with E-state index in [-0.39, 0.29) is 17.0 Å². The van der Waals surface area contributed by atoms with Gasteiger partial charge in [0.25, 0.3) is 5.91 Å². The molecule has 1 heterocycles. The molecule has 1 fully saturated rings. The van der Waals surface area contributed by atoms with Gasteiger partial charge in [0.2, 0.25) is 0 Å². The molecule has 0 saturated carbocycles. The van der Waals surface area contributed by atoms with Crippen LogP contribution in [0.4, 0.5) is 13.2 Å². The maximum atomic E-state index is 12.9. The van der Waals surface area contributed by atoms with Gasteiger partial charge in [-0.2, -0.15) is 0 Å². The Kier molecular flexibility index (Phi) is 15.8. The molecular weight excluding hydrogens is 485 g/mol. The van der Waals surface area contributed by atoms with E-state index >= 15 is 0 Å². The van der Waals surface area contributed by atoms with Gasteiger partial charge in [-0.3, -0.25) is 4.79 Å². The van der Waals surface area contributed by atoms with E-state index in [0.29, 0.717) is 0 Å². The van der Waals surface area contributed by atoms with E-state index in [2.05, 4.69) is 48.0 Å². The number of rotatable bonds is 6. The third kappa shape index (κ3) is 10.8. The van der Waals surface area contributed by atoms with Crippen molar-refractivity contribution >= 4 is 19.5 Å². The van der Waals surface area contributed by atoms with Crippen molar-refractivity contribution in [2.24, 2.45) is 0 Å². The summed E-state index contributed by atoms with van der Waals surface area (Å²) in [5.41, 5.74) is 0.706. The summed E-state index contributed by atoms with van der Waals surface area (Å²) in [6.07, 6.45) is -0.535. The number of likely N-dealkylation sites (tertiary alicyclic amines) is 1. The van der Waals surface area contributed by atoms with Gasteiger partial charge in [-0.1, -0.05) is 69.2 Å². The van der Waals surface area contributed by atoms with Crippen LogP contribution in [0, 0.1) is 0 Å². The minimum atomic E-state index is -4.86. The number of hydrogen-bond donors (Lipinski definition) is 1.